The fraction of sp³-hybridized carbons (Fsp3) is 0.526. The summed E-state index contributed by atoms with van der Waals surface area (Å²) in [4.78, 5) is 18.8. The highest BCUT2D eigenvalue weighted by Gasteiger charge is 2.58. The van der Waals surface area contributed by atoms with Crippen molar-refractivity contribution in [3.8, 4) is 0 Å². The van der Waals surface area contributed by atoms with Crippen molar-refractivity contribution in [3.63, 3.8) is 0 Å². The molecule has 1 N–H and O–H groups in total. The molecule has 2 aliphatic rings. The number of nitrogens with zero attached hydrogens (tertiary/aromatic N) is 3. The zero-order chi connectivity index (χ0) is 21.7. The summed E-state index contributed by atoms with van der Waals surface area (Å²) in [7, 11) is -3.40. The molecule has 1 aliphatic heterocycles. The number of aromatic nitrogens is 2. The molecule has 0 spiro atoms. The maximum atomic E-state index is 14.1. The largest absolute Gasteiger partial charge is 0.339 e. The number of carbonyl (C=O) groups excluding carboxylic acids is 1. The second-order valence-corrected chi connectivity index (χ2v) is 10.0. The molecule has 1 saturated heterocycles. The SMILES string of the molecule is CCS(=O)(=O)NC1CC2CN(C(=O)c3ccc(F)cc3F)CC2(c2nc(C)no2)C1. The van der Waals surface area contributed by atoms with Gasteiger partial charge < -0.3 is 9.42 Å². The number of hydrogen-bond acceptors (Lipinski definition) is 6. The molecular formula is C19H22F2N4O4S. The Balaban J connectivity index is 1.63. The van der Waals surface area contributed by atoms with Gasteiger partial charge in [0.15, 0.2) is 5.82 Å². The van der Waals surface area contributed by atoms with Crippen LogP contribution in [0.15, 0.2) is 22.7 Å². The summed E-state index contributed by atoms with van der Waals surface area (Å²) in [6, 6.07) is 2.52. The number of likely N-dealkylation sites (tertiary alicyclic amines) is 1. The Kier molecular flexibility index (Phi) is 5.13. The molecule has 30 heavy (non-hydrogen) atoms. The Morgan fingerprint density at radius 1 is 1.40 bits per heavy atom. The van der Waals surface area contributed by atoms with Crippen molar-refractivity contribution in [2.75, 3.05) is 18.8 Å². The number of fused-ring (bicyclic) bond motifs is 1. The Labute approximate surface area is 172 Å². The van der Waals surface area contributed by atoms with Crippen LogP contribution in [0.25, 0.3) is 0 Å². The molecule has 2 aromatic rings. The third kappa shape index (κ3) is 3.60. The summed E-state index contributed by atoms with van der Waals surface area (Å²) in [6.45, 7) is 3.70. The number of rotatable bonds is 5. The molecule has 4 rings (SSSR count). The minimum Gasteiger partial charge on any atom is -0.339 e. The van der Waals surface area contributed by atoms with E-state index in [2.05, 4.69) is 14.9 Å². The number of nitrogens with one attached hydrogen (secondary N) is 1. The second kappa shape index (κ2) is 7.38. The van der Waals surface area contributed by atoms with Gasteiger partial charge in [0.2, 0.25) is 15.9 Å². The Bertz CT molecular complexity index is 1090. The molecule has 3 unspecified atom stereocenters. The molecule has 1 aromatic heterocycles. The average Bonchev–Trinajstić information content (AvgIpc) is 3.33. The maximum Gasteiger partial charge on any atom is 0.256 e. The van der Waals surface area contributed by atoms with Gasteiger partial charge in [-0.25, -0.2) is 21.9 Å². The second-order valence-electron chi connectivity index (χ2n) is 7.97. The lowest BCUT2D eigenvalue weighted by Crippen LogP contribution is -2.40. The maximum absolute atomic E-state index is 14.1. The van der Waals surface area contributed by atoms with Gasteiger partial charge in [-0.15, -0.1) is 0 Å². The standard InChI is InChI=1S/C19H22F2N4O4S/c1-3-30(27,28)24-14-6-12-9-25(17(26)15-5-4-13(20)7-16(15)21)10-19(12,8-14)18-22-11(2)23-29-18/h4-5,7,12,14,24H,3,6,8-10H2,1-2H3. The number of benzene rings is 1. The molecular weight excluding hydrogens is 418 g/mol. The van der Waals surface area contributed by atoms with Crippen LogP contribution in [0.3, 0.4) is 0 Å². The highest BCUT2D eigenvalue weighted by molar-refractivity contribution is 7.89. The van der Waals surface area contributed by atoms with Gasteiger partial charge in [-0.1, -0.05) is 5.16 Å². The third-order valence-corrected chi connectivity index (χ3v) is 7.46. The van der Waals surface area contributed by atoms with E-state index in [1.807, 2.05) is 0 Å². The zero-order valence-electron chi connectivity index (χ0n) is 16.6. The molecule has 0 radical (unpaired) electrons. The molecule has 1 amide bonds. The summed E-state index contributed by atoms with van der Waals surface area (Å²) in [5.41, 5.74) is -0.939. The van der Waals surface area contributed by atoms with Crippen molar-refractivity contribution in [2.45, 2.75) is 38.1 Å². The summed E-state index contributed by atoms with van der Waals surface area (Å²) >= 11 is 0. The molecule has 1 aromatic carbocycles. The van der Waals surface area contributed by atoms with Crippen molar-refractivity contribution in [1.82, 2.24) is 19.8 Å². The van der Waals surface area contributed by atoms with E-state index >= 15 is 0 Å². The first kappa shape index (κ1) is 20.9. The molecule has 1 saturated carbocycles. The van der Waals surface area contributed by atoms with Crippen LogP contribution in [0.5, 0.6) is 0 Å². The molecule has 162 valence electrons. The molecule has 3 atom stereocenters. The highest BCUT2D eigenvalue weighted by Crippen LogP contribution is 2.50. The highest BCUT2D eigenvalue weighted by atomic mass is 32.2. The number of halogens is 2. The van der Waals surface area contributed by atoms with Gasteiger partial charge in [-0.2, -0.15) is 4.98 Å². The van der Waals surface area contributed by atoms with E-state index in [0.29, 0.717) is 30.6 Å². The van der Waals surface area contributed by atoms with E-state index in [4.69, 9.17) is 4.52 Å². The zero-order valence-corrected chi connectivity index (χ0v) is 17.4. The van der Waals surface area contributed by atoms with Crippen LogP contribution >= 0.6 is 0 Å². The number of amides is 1. The fourth-order valence-electron chi connectivity index (χ4n) is 4.62. The van der Waals surface area contributed by atoms with Crippen LogP contribution in [0.2, 0.25) is 0 Å². The van der Waals surface area contributed by atoms with Gasteiger partial charge in [0.05, 0.1) is 16.7 Å². The quantitative estimate of drug-likeness (QED) is 0.760. The van der Waals surface area contributed by atoms with Gasteiger partial charge in [0.1, 0.15) is 11.6 Å². The minimum atomic E-state index is -3.40. The van der Waals surface area contributed by atoms with Crippen molar-refractivity contribution in [1.29, 1.82) is 0 Å². The smallest absolute Gasteiger partial charge is 0.256 e. The third-order valence-electron chi connectivity index (χ3n) is 6.00. The lowest BCUT2D eigenvalue weighted by molar-refractivity contribution is 0.0768. The summed E-state index contributed by atoms with van der Waals surface area (Å²) in [6.07, 6.45) is 0.866. The molecule has 0 bridgehead atoms. The number of aryl methyl sites for hydroxylation is 1. The van der Waals surface area contributed by atoms with E-state index in [1.54, 1.807) is 13.8 Å². The topological polar surface area (TPSA) is 105 Å². The molecule has 2 heterocycles. The van der Waals surface area contributed by atoms with Gasteiger partial charge in [-0.3, -0.25) is 4.79 Å². The van der Waals surface area contributed by atoms with E-state index < -0.39 is 33.0 Å². The van der Waals surface area contributed by atoms with Crippen LogP contribution in [-0.2, 0) is 15.4 Å². The van der Waals surface area contributed by atoms with Crippen molar-refractivity contribution in [2.24, 2.45) is 5.92 Å². The minimum absolute atomic E-state index is 0.0325. The molecule has 11 heteroatoms. The first-order valence-electron chi connectivity index (χ1n) is 9.68. The fourth-order valence-corrected chi connectivity index (χ4v) is 5.47. The van der Waals surface area contributed by atoms with Crippen LogP contribution < -0.4 is 4.72 Å². The van der Waals surface area contributed by atoms with E-state index in [0.717, 1.165) is 12.1 Å². The summed E-state index contributed by atoms with van der Waals surface area (Å²) in [5, 5.41) is 3.85. The van der Waals surface area contributed by atoms with Crippen LogP contribution in [0.1, 0.15) is 41.8 Å². The van der Waals surface area contributed by atoms with E-state index in [9.17, 15) is 22.0 Å². The van der Waals surface area contributed by atoms with Crippen LogP contribution in [0.4, 0.5) is 8.78 Å². The predicted molar refractivity (Wildman–Crippen MR) is 102 cm³/mol. The number of carbonyl (C=O) groups is 1. The van der Waals surface area contributed by atoms with Crippen molar-refractivity contribution in [3.05, 3.63) is 47.1 Å². The Hall–Kier alpha value is -2.40. The number of sulfonamides is 1. The van der Waals surface area contributed by atoms with Gasteiger partial charge in [-0.05, 0) is 44.7 Å². The van der Waals surface area contributed by atoms with Crippen LogP contribution in [-0.4, -0.2) is 54.2 Å². The van der Waals surface area contributed by atoms with E-state index in [-0.39, 0.29) is 36.4 Å². The Morgan fingerprint density at radius 2 is 2.17 bits per heavy atom. The number of hydrogen-bond donors (Lipinski definition) is 1. The average molecular weight is 440 g/mol. The van der Waals surface area contributed by atoms with Crippen molar-refractivity contribution < 1.29 is 26.5 Å². The van der Waals surface area contributed by atoms with Crippen LogP contribution in [0, 0.1) is 24.5 Å². The first-order chi connectivity index (χ1) is 14.1. The van der Waals surface area contributed by atoms with E-state index in [1.165, 1.54) is 4.90 Å². The van der Waals surface area contributed by atoms with Gasteiger partial charge in [0, 0.05) is 25.2 Å². The van der Waals surface area contributed by atoms with Gasteiger partial charge >= 0.3 is 0 Å². The lowest BCUT2D eigenvalue weighted by atomic mass is 9.80. The molecule has 2 fully saturated rings. The molecule has 1 aliphatic carbocycles. The lowest BCUT2D eigenvalue weighted by Gasteiger charge is -2.25. The summed E-state index contributed by atoms with van der Waals surface area (Å²) < 4.78 is 59.6. The monoisotopic (exact) mass is 440 g/mol. The van der Waals surface area contributed by atoms with Gasteiger partial charge in [0.25, 0.3) is 5.91 Å². The van der Waals surface area contributed by atoms with Crippen molar-refractivity contribution >= 4 is 15.9 Å². The molecule has 8 nitrogen and oxygen atoms in total. The summed E-state index contributed by atoms with van der Waals surface area (Å²) in [5.74, 6) is -1.63. The Morgan fingerprint density at radius 3 is 2.80 bits per heavy atom. The first-order valence-corrected chi connectivity index (χ1v) is 11.3. The normalized spacial score (nSPS) is 26.2. The predicted octanol–water partition coefficient (Wildman–Crippen LogP) is 1.77.